The van der Waals surface area contributed by atoms with Crippen LogP contribution in [0.4, 0.5) is 0 Å². The molecule has 0 saturated carbocycles. The number of likely N-dealkylation sites (tertiary alicyclic amines) is 1. The van der Waals surface area contributed by atoms with Crippen LogP contribution in [0.5, 0.6) is 0 Å². The molecule has 0 aromatic carbocycles. The van der Waals surface area contributed by atoms with Crippen LogP contribution in [-0.4, -0.2) is 34.9 Å². The van der Waals surface area contributed by atoms with Gasteiger partial charge in [0, 0.05) is 30.1 Å². The van der Waals surface area contributed by atoms with Crippen molar-refractivity contribution >= 4 is 17.2 Å². The molecular formula is C12H19N3OS. The fourth-order valence-electron chi connectivity index (χ4n) is 2.23. The Kier molecular flexibility index (Phi) is 3.79. The van der Waals surface area contributed by atoms with E-state index in [0.29, 0.717) is 5.92 Å². The number of hydrogen-bond acceptors (Lipinski definition) is 4. The number of aromatic nitrogens is 1. The third kappa shape index (κ3) is 2.84. The van der Waals surface area contributed by atoms with Gasteiger partial charge < -0.3 is 10.6 Å². The van der Waals surface area contributed by atoms with Crippen LogP contribution in [0, 0.1) is 6.92 Å². The molecule has 1 aromatic heterocycles. The van der Waals surface area contributed by atoms with Crippen molar-refractivity contribution < 1.29 is 4.79 Å². The molecule has 94 valence electrons. The van der Waals surface area contributed by atoms with Crippen molar-refractivity contribution in [3.8, 4) is 0 Å². The molecule has 0 bridgehead atoms. The second-order valence-corrected chi connectivity index (χ2v) is 5.63. The van der Waals surface area contributed by atoms with Crippen molar-refractivity contribution in [2.24, 2.45) is 5.73 Å². The van der Waals surface area contributed by atoms with Crippen LogP contribution in [-0.2, 0) is 4.79 Å². The van der Waals surface area contributed by atoms with Gasteiger partial charge >= 0.3 is 0 Å². The Hall–Kier alpha value is -0.940. The largest absolute Gasteiger partial charge is 0.341 e. The van der Waals surface area contributed by atoms with Crippen LogP contribution in [0.15, 0.2) is 5.38 Å². The molecule has 1 amide bonds. The molecule has 5 heteroatoms. The molecule has 1 fully saturated rings. The molecular weight excluding hydrogens is 234 g/mol. The first-order valence-corrected chi connectivity index (χ1v) is 6.92. The Balaban J connectivity index is 2.04. The van der Waals surface area contributed by atoms with Gasteiger partial charge in [-0.15, -0.1) is 11.3 Å². The van der Waals surface area contributed by atoms with Crippen molar-refractivity contribution in [1.82, 2.24) is 9.88 Å². The molecule has 17 heavy (non-hydrogen) atoms. The summed E-state index contributed by atoms with van der Waals surface area (Å²) in [6, 6.07) is -0.396. The molecule has 2 N–H and O–H groups in total. The van der Waals surface area contributed by atoms with Crippen LogP contribution < -0.4 is 5.73 Å². The van der Waals surface area contributed by atoms with Gasteiger partial charge in [-0.05, 0) is 26.7 Å². The van der Waals surface area contributed by atoms with Gasteiger partial charge in [0.15, 0.2) is 0 Å². The van der Waals surface area contributed by atoms with E-state index in [1.54, 1.807) is 18.3 Å². The summed E-state index contributed by atoms with van der Waals surface area (Å²) in [7, 11) is 0. The smallest absolute Gasteiger partial charge is 0.239 e. The van der Waals surface area contributed by atoms with Gasteiger partial charge in [0.05, 0.1) is 11.0 Å². The Labute approximate surface area is 106 Å². The maximum absolute atomic E-state index is 11.9. The number of carbonyl (C=O) groups is 1. The summed E-state index contributed by atoms with van der Waals surface area (Å²) in [4.78, 5) is 18.3. The standard InChI is InChI=1S/C12H19N3OS/c1-8-7-17-11(14-8)10-4-3-5-15(6-10)12(16)9(2)13/h7,9-10H,3-6,13H2,1-2H3/t9-,10?/m1/s1. The van der Waals surface area contributed by atoms with Crippen molar-refractivity contribution in [2.75, 3.05) is 13.1 Å². The zero-order valence-electron chi connectivity index (χ0n) is 10.3. The molecule has 0 aliphatic carbocycles. The summed E-state index contributed by atoms with van der Waals surface area (Å²) in [5.41, 5.74) is 6.72. The molecule has 2 heterocycles. The Morgan fingerprint density at radius 2 is 2.47 bits per heavy atom. The van der Waals surface area contributed by atoms with E-state index in [1.807, 2.05) is 11.8 Å². The average Bonchev–Trinajstić information content (AvgIpc) is 2.75. The first-order valence-electron chi connectivity index (χ1n) is 6.04. The van der Waals surface area contributed by atoms with E-state index in [4.69, 9.17) is 5.73 Å². The van der Waals surface area contributed by atoms with Gasteiger partial charge in [-0.25, -0.2) is 4.98 Å². The van der Waals surface area contributed by atoms with Crippen LogP contribution in [0.1, 0.15) is 36.4 Å². The molecule has 1 aliphatic heterocycles. The van der Waals surface area contributed by atoms with E-state index in [1.165, 1.54) is 0 Å². The van der Waals surface area contributed by atoms with E-state index in [2.05, 4.69) is 10.4 Å². The number of rotatable bonds is 2. The van der Waals surface area contributed by atoms with Gasteiger partial charge in [-0.3, -0.25) is 4.79 Å². The first kappa shape index (κ1) is 12.5. The molecule has 1 aliphatic rings. The van der Waals surface area contributed by atoms with Crippen LogP contribution >= 0.6 is 11.3 Å². The minimum absolute atomic E-state index is 0.0583. The highest BCUT2D eigenvalue weighted by molar-refractivity contribution is 7.09. The van der Waals surface area contributed by atoms with Gasteiger partial charge in [0.25, 0.3) is 0 Å². The summed E-state index contributed by atoms with van der Waals surface area (Å²) < 4.78 is 0. The summed E-state index contributed by atoms with van der Waals surface area (Å²) in [5, 5.41) is 3.23. The number of amides is 1. The highest BCUT2D eigenvalue weighted by atomic mass is 32.1. The molecule has 1 saturated heterocycles. The van der Waals surface area contributed by atoms with Crippen LogP contribution in [0.25, 0.3) is 0 Å². The number of thiazole rings is 1. The van der Waals surface area contributed by atoms with E-state index in [0.717, 1.165) is 36.6 Å². The Bertz CT molecular complexity index is 402. The minimum Gasteiger partial charge on any atom is -0.341 e. The van der Waals surface area contributed by atoms with Crippen molar-refractivity contribution in [1.29, 1.82) is 0 Å². The predicted octanol–water partition coefficient (Wildman–Crippen LogP) is 1.50. The number of carbonyl (C=O) groups excluding carboxylic acids is 1. The third-order valence-electron chi connectivity index (χ3n) is 3.11. The lowest BCUT2D eigenvalue weighted by Crippen LogP contribution is -2.46. The van der Waals surface area contributed by atoms with Crippen molar-refractivity contribution in [3.63, 3.8) is 0 Å². The quantitative estimate of drug-likeness (QED) is 0.869. The Morgan fingerprint density at radius 3 is 3.06 bits per heavy atom. The van der Waals surface area contributed by atoms with Gasteiger partial charge in [0.2, 0.25) is 5.91 Å². The van der Waals surface area contributed by atoms with Gasteiger partial charge in [-0.2, -0.15) is 0 Å². The first-order chi connectivity index (χ1) is 8.08. The van der Waals surface area contributed by atoms with E-state index in [-0.39, 0.29) is 5.91 Å². The number of piperidine rings is 1. The molecule has 4 nitrogen and oxygen atoms in total. The monoisotopic (exact) mass is 253 g/mol. The van der Waals surface area contributed by atoms with Crippen LogP contribution in [0.3, 0.4) is 0 Å². The number of aryl methyl sites for hydroxylation is 1. The fourth-order valence-corrected chi connectivity index (χ4v) is 3.15. The van der Waals surface area contributed by atoms with Gasteiger partial charge in [0.1, 0.15) is 0 Å². The highest BCUT2D eigenvalue weighted by Crippen LogP contribution is 2.29. The zero-order chi connectivity index (χ0) is 12.4. The maximum atomic E-state index is 11.9. The van der Waals surface area contributed by atoms with Crippen LogP contribution in [0.2, 0.25) is 0 Å². The molecule has 1 aromatic rings. The summed E-state index contributed by atoms with van der Waals surface area (Å²) in [5.74, 6) is 0.452. The predicted molar refractivity (Wildman–Crippen MR) is 69.1 cm³/mol. The lowest BCUT2D eigenvalue weighted by atomic mass is 9.98. The fraction of sp³-hybridized carbons (Fsp3) is 0.667. The molecule has 2 atom stereocenters. The van der Waals surface area contributed by atoms with Crippen molar-refractivity contribution in [2.45, 2.75) is 38.6 Å². The summed E-state index contributed by atoms with van der Waals surface area (Å²) in [6.45, 7) is 5.36. The third-order valence-corrected chi connectivity index (χ3v) is 4.23. The second-order valence-electron chi connectivity index (χ2n) is 4.74. The van der Waals surface area contributed by atoms with Gasteiger partial charge in [-0.1, -0.05) is 0 Å². The second kappa shape index (κ2) is 5.14. The topological polar surface area (TPSA) is 59.2 Å². The molecule has 0 radical (unpaired) electrons. The lowest BCUT2D eigenvalue weighted by molar-refractivity contribution is -0.133. The lowest BCUT2D eigenvalue weighted by Gasteiger charge is -2.32. The minimum atomic E-state index is -0.396. The van der Waals surface area contributed by atoms with E-state index < -0.39 is 6.04 Å². The maximum Gasteiger partial charge on any atom is 0.239 e. The Morgan fingerprint density at radius 1 is 1.71 bits per heavy atom. The number of nitrogens with zero attached hydrogens (tertiary/aromatic N) is 2. The zero-order valence-corrected chi connectivity index (χ0v) is 11.2. The summed E-state index contributed by atoms with van der Waals surface area (Å²) in [6.07, 6.45) is 2.16. The molecule has 2 rings (SSSR count). The van der Waals surface area contributed by atoms with E-state index in [9.17, 15) is 4.79 Å². The normalized spacial score (nSPS) is 22.5. The molecule has 0 spiro atoms. The van der Waals surface area contributed by atoms with Crippen molar-refractivity contribution in [3.05, 3.63) is 16.1 Å². The summed E-state index contributed by atoms with van der Waals surface area (Å²) >= 11 is 1.70. The number of hydrogen-bond donors (Lipinski definition) is 1. The number of nitrogens with two attached hydrogens (primary N) is 1. The average molecular weight is 253 g/mol. The highest BCUT2D eigenvalue weighted by Gasteiger charge is 2.27. The molecule has 1 unspecified atom stereocenters. The SMILES string of the molecule is Cc1csc(C2CCCN(C(=O)[C@@H](C)N)C2)n1. The van der Waals surface area contributed by atoms with E-state index >= 15 is 0 Å².